The van der Waals surface area contributed by atoms with Crippen LogP contribution in [0.3, 0.4) is 0 Å². The van der Waals surface area contributed by atoms with Crippen LogP contribution in [0.5, 0.6) is 0 Å². The highest BCUT2D eigenvalue weighted by molar-refractivity contribution is 6.39. The van der Waals surface area contributed by atoms with Gasteiger partial charge < -0.3 is 57.7 Å². The number of fused-ring (bicyclic) bond motifs is 3. The monoisotopic (exact) mass is 1500 g/mol. The fraction of sp³-hybridized carbons (Fsp3) is 0.837. The summed E-state index contributed by atoms with van der Waals surface area (Å²) in [6.07, 6.45) is 35.9. The third-order valence-electron chi connectivity index (χ3n) is 22.5. The molecule has 3 fully saturated rings. The van der Waals surface area contributed by atoms with Gasteiger partial charge in [0.05, 0.1) is 24.4 Å². The van der Waals surface area contributed by atoms with Crippen molar-refractivity contribution in [1.82, 2.24) is 4.90 Å². The molecule has 3 heterocycles. The summed E-state index contributed by atoms with van der Waals surface area (Å²) < 4.78 is 53.6. The topological polar surface area (TPSA) is 263 Å². The van der Waals surface area contributed by atoms with Crippen LogP contribution in [0.25, 0.3) is 0 Å². The van der Waals surface area contributed by atoms with E-state index in [1.807, 2.05) is 26.0 Å². The summed E-state index contributed by atoms with van der Waals surface area (Å²) in [6, 6.07) is -1.22. The van der Waals surface area contributed by atoms with E-state index in [1.54, 1.807) is 34.0 Å². The summed E-state index contributed by atoms with van der Waals surface area (Å²) in [5, 5.41) is 24.3. The second-order valence-electron chi connectivity index (χ2n) is 31.8. The van der Waals surface area contributed by atoms with E-state index in [1.165, 1.54) is 135 Å². The van der Waals surface area contributed by atoms with Crippen molar-refractivity contribution in [1.29, 1.82) is 0 Å². The zero-order valence-electron chi connectivity index (χ0n) is 67.5. The lowest BCUT2D eigenvalue weighted by Crippen LogP contribution is -2.64. The zero-order valence-corrected chi connectivity index (χ0v) is 67.5. The number of esters is 5. The molecule has 20 heteroatoms. The van der Waals surface area contributed by atoms with Gasteiger partial charge in [0.2, 0.25) is 5.79 Å². The van der Waals surface area contributed by atoms with Gasteiger partial charge in [0.1, 0.15) is 43.4 Å². The number of amides is 1. The molecule has 0 spiro atoms. The number of nitrogens with zero attached hydrogens (tertiary/aromatic N) is 1. The van der Waals surface area contributed by atoms with E-state index in [-0.39, 0.29) is 94.3 Å². The molecule has 1 saturated carbocycles. The molecule has 608 valence electrons. The van der Waals surface area contributed by atoms with Crippen molar-refractivity contribution in [2.24, 2.45) is 29.6 Å². The van der Waals surface area contributed by atoms with Gasteiger partial charge in [-0.2, -0.15) is 0 Å². The van der Waals surface area contributed by atoms with Crippen LogP contribution >= 0.6 is 0 Å². The number of rotatable bonds is 47. The molecule has 1 aliphatic carbocycles. The summed E-state index contributed by atoms with van der Waals surface area (Å²) in [7, 11) is 4.59. The number of Topliss-reactive ketones (excluding diaryl/α,β-unsaturated/α-hetero) is 2. The van der Waals surface area contributed by atoms with Gasteiger partial charge in [0.25, 0.3) is 11.7 Å². The van der Waals surface area contributed by atoms with Gasteiger partial charge in [-0.3, -0.25) is 33.6 Å². The molecular weight excluding hydrogens is 1350 g/mol. The van der Waals surface area contributed by atoms with E-state index >= 15 is 0 Å². The number of cyclic esters (lactones) is 1. The molecule has 1 amide bonds. The molecule has 14 atom stereocenters. The summed E-state index contributed by atoms with van der Waals surface area (Å²) >= 11 is 0. The summed E-state index contributed by atoms with van der Waals surface area (Å²) in [5.41, 5.74) is 1.51. The Morgan fingerprint density at radius 1 is 0.613 bits per heavy atom. The summed E-state index contributed by atoms with van der Waals surface area (Å²) in [4.78, 5) is 112. The van der Waals surface area contributed by atoms with Crippen LogP contribution in [-0.2, 0) is 81.0 Å². The Hall–Kier alpha value is -4.86. The molecule has 2 bridgehead atoms. The van der Waals surface area contributed by atoms with Gasteiger partial charge in [-0.1, -0.05) is 219 Å². The van der Waals surface area contributed by atoms with E-state index in [2.05, 4.69) is 20.4 Å². The van der Waals surface area contributed by atoms with Crippen LogP contribution in [0, 0.1) is 29.6 Å². The van der Waals surface area contributed by atoms with Crippen molar-refractivity contribution in [2.75, 3.05) is 41.1 Å². The second kappa shape index (κ2) is 53.9. The minimum Gasteiger partial charge on any atom is -0.462 e. The summed E-state index contributed by atoms with van der Waals surface area (Å²) in [6.45, 7) is 17.1. The van der Waals surface area contributed by atoms with Gasteiger partial charge in [-0.25, -0.2) is 4.79 Å². The highest BCUT2D eigenvalue weighted by Gasteiger charge is 2.57. The molecular formula is C86H145NO19. The maximum atomic E-state index is 14.8. The fourth-order valence-corrected chi connectivity index (χ4v) is 15.9. The summed E-state index contributed by atoms with van der Waals surface area (Å²) in [5.74, 6) is -10.1. The van der Waals surface area contributed by atoms with E-state index in [4.69, 9.17) is 42.6 Å². The molecule has 0 radical (unpaired) electrons. The highest BCUT2D eigenvalue weighted by atomic mass is 16.7. The molecule has 1 unspecified atom stereocenters. The van der Waals surface area contributed by atoms with Crippen LogP contribution < -0.4 is 0 Å². The number of hydrogen-bond donors (Lipinski definition) is 2. The SMILES string of the molecule is C=CC[C@@H]1/C=C(\C)C[C@H](C)C[C@H](OC)C2O[C@@](O)(C(=O)C(=O)N3CCCC[C@H]3C(=O)O[C@H](/C(C)=C/[C@@H]3CC[C@@H](OC(=O)CCCCCC(=O)OC(COC(=O)CCCCCCCCCCCCCCC)COC(=O)CCCCCCCCCCCCCCC)[C@H](OC)C3)[C@H](C)[C@@H](O)CC1=O)[C@H](C)C[C@@H]2OC. The lowest BCUT2D eigenvalue weighted by atomic mass is 9.81. The number of ether oxygens (including phenoxy) is 9. The van der Waals surface area contributed by atoms with Crippen molar-refractivity contribution in [3.63, 3.8) is 0 Å². The lowest BCUT2D eigenvalue weighted by molar-refractivity contribution is -0.302. The van der Waals surface area contributed by atoms with E-state index < -0.39 is 108 Å². The van der Waals surface area contributed by atoms with E-state index in [0.717, 1.165) is 44.1 Å². The normalized spacial score (nSPS) is 27.3. The van der Waals surface area contributed by atoms with Crippen molar-refractivity contribution in [3.05, 3.63) is 36.0 Å². The Morgan fingerprint density at radius 2 is 1.09 bits per heavy atom. The first-order chi connectivity index (χ1) is 51.0. The molecule has 0 aromatic rings. The average Bonchev–Trinajstić information content (AvgIpc) is 0.777. The van der Waals surface area contributed by atoms with Crippen molar-refractivity contribution in [3.8, 4) is 0 Å². The van der Waals surface area contributed by atoms with E-state index in [9.17, 15) is 48.6 Å². The predicted molar refractivity (Wildman–Crippen MR) is 412 cm³/mol. The van der Waals surface area contributed by atoms with Crippen molar-refractivity contribution in [2.45, 2.75) is 392 Å². The molecule has 106 heavy (non-hydrogen) atoms. The molecule has 20 nitrogen and oxygen atoms in total. The number of aliphatic hydroxyl groups is 2. The first kappa shape index (κ1) is 93.5. The number of unbranched alkanes of at least 4 members (excludes halogenated alkanes) is 26. The van der Waals surface area contributed by atoms with Crippen molar-refractivity contribution < 1.29 is 91.2 Å². The average molecular weight is 1500 g/mol. The van der Waals surface area contributed by atoms with Crippen LogP contribution in [0.1, 0.15) is 331 Å². The number of ketones is 2. The lowest BCUT2D eigenvalue weighted by Gasteiger charge is -2.47. The quantitative estimate of drug-likeness (QED) is 0.0188. The maximum Gasteiger partial charge on any atom is 0.329 e. The minimum absolute atomic E-state index is 0.0345. The third kappa shape index (κ3) is 35.0. The number of piperidine rings is 1. The number of aliphatic hydroxyl groups excluding tert-OH is 1. The van der Waals surface area contributed by atoms with Gasteiger partial charge in [-0.15, -0.1) is 6.58 Å². The first-order valence-electron chi connectivity index (χ1n) is 42.0. The van der Waals surface area contributed by atoms with Gasteiger partial charge in [0.15, 0.2) is 6.10 Å². The van der Waals surface area contributed by atoms with Gasteiger partial charge in [-0.05, 0) is 121 Å². The first-order valence-corrected chi connectivity index (χ1v) is 42.0. The molecule has 2 N–H and O–H groups in total. The largest absolute Gasteiger partial charge is 0.462 e. The standard InChI is InChI=1S/C86H145NO19/c1-12-15-17-19-21-23-25-27-29-31-33-35-38-46-77(90)101-60-69(61-102-78(91)47-39-36-34-32-30-28-26-24-22-20-18-16-13-2)103-79(92)48-40-37-41-49-80(93)104-73-51-50-67(58-74(73)98-9)56-64(6)81-66(8)71(88)59-72(89)68(44-14-3)54-62(4)53-63(5)55-75(99-10)82-76(100-11)57-65(7)86(97,106-82)83(94)84(95)87-52-43-42-45-70(87)85(96)105-81/h14,54,56,63,65-71,73-76,81-82,88,97H,3,12-13,15-53,55,57-61H2,1-2,4-11H3/b62-54+,64-56+/t63-,65+,66+,67-,68+,70-,71-,73+,74+,75-,76-,81+,82?,86+/m0/s1. The van der Waals surface area contributed by atoms with Crippen LogP contribution in [0.4, 0.5) is 0 Å². The Kier molecular flexibility index (Phi) is 47.5. The highest BCUT2D eigenvalue weighted by Crippen LogP contribution is 2.40. The zero-order chi connectivity index (χ0) is 77.7. The Morgan fingerprint density at radius 3 is 1.60 bits per heavy atom. The number of hydrogen-bond acceptors (Lipinski definition) is 19. The van der Waals surface area contributed by atoms with E-state index in [0.29, 0.717) is 89.0 Å². The number of carbonyl (C=O) groups is 8. The number of methoxy groups -OCH3 is 3. The second-order valence-corrected chi connectivity index (χ2v) is 31.8. The number of allylic oxidation sites excluding steroid dienone is 4. The van der Waals surface area contributed by atoms with Gasteiger partial charge in [0, 0.05) is 77.7 Å². The van der Waals surface area contributed by atoms with Crippen molar-refractivity contribution >= 4 is 47.3 Å². The minimum atomic E-state index is -2.57. The van der Waals surface area contributed by atoms with Crippen LogP contribution in [-0.4, -0.2) is 164 Å². The molecule has 2 saturated heterocycles. The maximum absolute atomic E-state index is 14.8. The molecule has 0 aromatic heterocycles. The van der Waals surface area contributed by atoms with Crippen LogP contribution in [0.2, 0.25) is 0 Å². The smallest absolute Gasteiger partial charge is 0.329 e. The van der Waals surface area contributed by atoms with Gasteiger partial charge >= 0.3 is 29.8 Å². The Bertz CT molecular complexity index is 2580. The predicted octanol–water partition coefficient (Wildman–Crippen LogP) is 17.1. The molecule has 4 aliphatic rings. The van der Waals surface area contributed by atoms with Crippen LogP contribution in [0.15, 0.2) is 36.0 Å². The molecule has 4 rings (SSSR count). The Labute approximate surface area is 638 Å². The number of carbonyl (C=O) groups excluding carboxylic acids is 8. The fourth-order valence-electron chi connectivity index (χ4n) is 15.9. The molecule has 0 aromatic carbocycles. The molecule has 3 aliphatic heterocycles. The Balaban J connectivity index is 1.35. The third-order valence-corrected chi connectivity index (χ3v) is 22.5.